The quantitative estimate of drug-likeness (QED) is 0.278. The van der Waals surface area contributed by atoms with Crippen LogP contribution in [0.25, 0.3) is 0 Å². The predicted molar refractivity (Wildman–Crippen MR) is 105 cm³/mol. The molecule has 1 fully saturated rings. The molecular weight excluding hydrogens is 396 g/mol. The summed E-state index contributed by atoms with van der Waals surface area (Å²) in [5.74, 6) is -1.36. The molecule has 0 saturated heterocycles. The van der Waals surface area contributed by atoms with Crippen LogP contribution < -0.4 is 10.5 Å². The number of alkyl halides is 2. The molecule has 0 aromatic carbocycles. The van der Waals surface area contributed by atoms with Crippen molar-refractivity contribution in [3.8, 4) is 0 Å². The third-order valence-electron chi connectivity index (χ3n) is 4.34. The molecule has 1 saturated carbocycles. The maximum absolute atomic E-state index is 12.2. The minimum atomic E-state index is -0.828. The van der Waals surface area contributed by atoms with Crippen molar-refractivity contribution in [3.63, 3.8) is 0 Å². The topological polar surface area (TPSA) is 108 Å². The van der Waals surface area contributed by atoms with Gasteiger partial charge in [0.25, 0.3) is 5.91 Å². The average Bonchev–Trinajstić information content (AvgIpc) is 2.56. The predicted octanol–water partition coefficient (Wildman–Crippen LogP) is 0.208. The zero-order valence-electron chi connectivity index (χ0n) is 15.9. The number of halogens is 2. The van der Waals surface area contributed by atoms with Gasteiger partial charge in [-0.2, -0.15) is 0 Å². The van der Waals surface area contributed by atoms with Crippen LogP contribution in [-0.4, -0.2) is 78.8 Å². The van der Waals surface area contributed by atoms with Crippen LogP contribution in [0.15, 0.2) is 0 Å². The van der Waals surface area contributed by atoms with E-state index in [1.54, 1.807) is 14.1 Å². The van der Waals surface area contributed by atoms with Crippen LogP contribution >= 0.6 is 23.2 Å². The Bertz CT molecular complexity index is 514. The summed E-state index contributed by atoms with van der Waals surface area (Å²) >= 11 is 12.5. The fraction of sp³-hybridized carbons (Fsp3) is 0.812. The lowest BCUT2D eigenvalue weighted by Crippen LogP contribution is -2.49. The lowest BCUT2D eigenvalue weighted by atomic mass is 9.82. The Kier molecular flexibility index (Phi) is 10.4. The molecule has 1 aliphatic carbocycles. The lowest BCUT2D eigenvalue weighted by molar-refractivity contribution is -0.151. The first-order valence-electron chi connectivity index (χ1n) is 8.93. The van der Waals surface area contributed by atoms with Crippen LogP contribution in [0.3, 0.4) is 0 Å². The van der Waals surface area contributed by atoms with Gasteiger partial charge in [-0.3, -0.25) is 14.4 Å². The van der Waals surface area contributed by atoms with Gasteiger partial charge in [0.2, 0.25) is 5.91 Å². The molecule has 1 aliphatic rings. The van der Waals surface area contributed by atoms with E-state index in [1.165, 1.54) is 11.7 Å². The molecule has 8 nitrogen and oxygen atoms in total. The summed E-state index contributed by atoms with van der Waals surface area (Å²) in [6.45, 7) is 1.06. The van der Waals surface area contributed by atoms with E-state index in [9.17, 15) is 19.4 Å². The van der Waals surface area contributed by atoms with Crippen LogP contribution in [0.1, 0.15) is 25.7 Å². The van der Waals surface area contributed by atoms with Gasteiger partial charge in [-0.15, -0.1) is 23.2 Å². The fourth-order valence-corrected chi connectivity index (χ4v) is 3.87. The van der Waals surface area contributed by atoms with Crippen LogP contribution in [-0.2, 0) is 19.1 Å². The molecule has 154 valence electrons. The summed E-state index contributed by atoms with van der Waals surface area (Å²) in [7, 11) is 2.31. The van der Waals surface area contributed by atoms with Crippen molar-refractivity contribution in [2.45, 2.75) is 49.3 Å². The molecule has 3 atom stereocenters. The molecule has 0 spiro atoms. The van der Waals surface area contributed by atoms with Gasteiger partial charge in [0, 0.05) is 30.9 Å². The summed E-state index contributed by atoms with van der Waals surface area (Å²) in [5.41, 5.74) is 0. The lowest BCUT2D eigenvalue weighted by Gasteiger charge is -2.34. The van der Waals surface area contributed by atoms with Crippen LogP contribution in [0.4, 0.5) is 0 Å². The molecule has 0 radical (unpaired) electrons. The number of hydrogen-bond donors (Lipinski definition) is 3. The highest BCUT2D eigenvalue weighted by atomic mass is 35.5. The smallest absolute Gasteiger partial charge is 0.374 e. The Labute approximate surface area is 170 Å². The molecule has 0 aromatic heterocycles. The normalized spacial score (nSPS) is 23.3. The first-order chi connectivity index (χ1) is 12.6. The molecule has 2 amide bonds. The zero-order valence-corrected chi connectivity index (χ0v) is 17.4. The number of carbonyl (C=O) groups is 3. The largest absolute Gasteiger partial charge is 0.456 e. The molecular formula is C16H28BCl2N3O5. The number of hydrogen-bond acceptors (Lipinski definition) is 6. The second-order valence-electron chi connectivity index (χ2n) is 7.05. The molecule has 0 bridgehead atoms. The van der Waals surface area contributed by atoms with Crippen molar-refractivity contribution in [2.75, 3.05) is 27.2 Å². The number of rotatable bonds is 9. The van der Waals surface area contributed by atoms with Crippen molar-refractivity contribution in [2.24, 2.45) is 5.92 Å². The SMILES string of the molecule is CB(O)NCC(=O)NC(CC(=O)OCC(=O)N(C)C)C1CC(Cl)CC(Cl)C1. The number of carbonyl (C=O) groups excluding carboxylic acids is 3. The summed E-state index contributed by atoms with van der Waals surface area (Å²) in [6.07, 6.45) is 1.82. The van der Waals surface area contributed by atoms with Crippen molar-refractivity contribution >= 4 is 48.0 Å². The highest BCUT2D eigenvalue weighted by molar-refractivity contribution is 6.45. The Morgan fingerprint density at radius 2 is 1.81 bits per heavy atom. The summed E-state index contributed by atoms with van der Waals surface area (Å²) in [6, 6.07) is -0.516. The molecule has 0 aliphatic heterocycles. The van der Waals surface area contributed by atoms with Gasteiger partial charge in [0.1, 0.15) is 0 Å². The van der Waals surface area contributed by atoms with Gasteiger partial charge in [-0.1, -0.05) is 0 Å². The minimum absolute atomic E-state index is 0.0843. The molecule has 0 aromatic rings. The Hall–Kier alpha value is -1.03. The van der Waals surface area contributed by atoms with Crippen LogP contribution in [0.2, 0.25) is 6.82 Å². The maximum atomic E-state index is 12.2. The van der Waals surface area contributed by atoms with E-state index in [2.05, 4.69) is 10.5 Å². The second kappa shape index (κ2) is 11.7. The van der Waals surface area contributed by atoms with E-state index in [0.717, 1.165) is 0 Å². The van der Waals surface area contributed by atoms with E-state index in [0.29, 0.717) is 19.3 Å². The van der Waals surface area contributed by atoms with Gasteiger partial charge in [-0.05, 0) is 32.0 Å². The highest BCUT2D eigenvalue weighted by Gasteiger charge is 2.34. The Balaban J connectivity index is 2.70. The zero-order chi connectivity index (χ0) is 20.6. The van der Waals surface area contributed by atoms with E-state index < -0.39 is 19.1 Å². The molecule has 3 N–H and O–H groups in total. The van der Waals surface area contributed by atoms with Crippen molar-refractivity contribution in [1.29, 1.82) is 0 Å². The monoisotopic (exact) mass is 423 g/mol. The summed E-state index contributed by atoms with van der Waals surface area (Å²) in [4.78, 5) is 37.2. The maximum Gasteiger partial charge on any atom is 0.374 e. The summed E-state index contributed by atoms with van der Waals surface area (Å²) < 4.78 is 5.02. The molecule has 0 heterocycles. The summed E-state index contributed by atoms with van der Waals surface area (Å²) in [5, 5.41) is 14.4. The number of esters is 1. The molecule has 11 heteroatoms. The van der Waals surface area contributed by atoms with Gasteiger partial charge in [0.05, 0.1) is 13.0 Å². The minimum Gasteiger partial charge on any atom is -0.456 e. The van der Waals surface area contributed by atoms with Crippen molar-refractivity contribution < 1.29 is 24.1 Å². The Morgan fingerprint density at radius 1 is 1.22 bits per heavy atom. The third kappa shape index (κ3) is 9.64. The average molecular weight is 424 g/mol. The van der Waals surface area contributed by atoms with Gasteiger partial charge in [0.15, 0.2) is 6.61 Å². The standard InChI is InChI=1S/C16H28BCl2N3O5/c1-17(26)20-8-14(23)21-13(10-4-11(18)6-12(19)5-10)7-16(25)27-9-15(24)22(2)3/h10-13,20,26H,4-9H2,1-3H3,(H,21,23). The number of ether oxygens (including phenoxy) is 1. The van der Waals surface area contributed by atoms with Crippen molar-refractivity contribution in [3.05, 3.63) is 0 Å². The van der Waals surface area contributed by atoms with E-state index in [4.69, 9.17) is 27.9 Å². The highest BCUT2D eigenvalue weighted by Crippen LogP contribution is 2.34. The van der Waals surface area contributed by atoms with E-state index >= 15 is 0 Å². The van der Waals surface area contributed by atoms with Crippen LogP contribution in [0, 0.1) is 5.92 Å². The fourth-order valence-electron chi connectivity index (χ4n) is 2.90. The third-order valence-corrected chi connectivity index (χ3v) is 5.06. The van der Waals surface area contributed by atoms with Gasteiger partial charge < -0.3 is 25.2 Å². The van der Waals surface area contributed by atoms with Gasteiger partial charge >= 0.3 is 13.0 Å². The first kappa shape index (κ1) is 24.0. The number of nitrogens with one attached hydrogen (secondary N) is 2. The van der Waals surface area contributed by atoms with Gasteiger partial charge in [-0.25, -0.2) is 0 Å². The van der Waals surface area contributed by atoms with E-state index in [1.807, 2.05) is 0 Å². The van der Waals surface area contributed by atoms with Crippen LogP contribution in [0.5, 0.6) is 0 Å². The van der Waals surface area contributed by atoms with E-state index in [-0.39, 0.29) is 48.1 Å². The Morgan fingerprint density at radius 3 is 2.33 bits per heavy atom. The second-order valence-corrected chi connectivity index (χ2v) is 8.28. The first-order valence-corrected chi connectivity index (χ1v) is 9.80. The molecule has 27 heavy (non-hydrogen) atoms. The molecule has 3 unspecified atom stereocenters. The number of amides is 2. The number of nitrogens with zero attached hydrogens (tertiary/aromatic N) is 1. The van der Waals surface area contributed by atoms with Crippen molar-refractivity contribution in [1.82, 2.24) is 15.4 Å². The molecule has 1 rings (SSSR count). The number of likely N-dealkylation sites (N-methyl/N-ethyl adjacent to an activating group) is 1.